The molecule has 4 N–H and O–H groups in total. The van der Waals surface area contributed by atoms with Gasteiger partial charge in [-0.15, -0.1) is 0 Å². The first-order valence-electron chi connectivity index (χ1n) is 8.98. The second kappa shape index (κ2) is 7.08. The molecule has 0 aromatic carbocycles. The fraction of sp³-hybridized carbons (Fsp3) is 0.588. The lowest BCUT2D eigenvalue weighted by Crippen LogP contribution is -2.47. The van der Waals surface area contributed by atoms with Gasteiger partial charge in [0, 0.05) is 37.3 Å². The summed E-state index contributed by atoms with van der Waals surface area (Å²) in [5.41, 5.74) is 0.635. The second-order valence-corrected chi connectivity index (χ2v) is 7.03. The monoisotopic (exact) mass is 359 g/mol. The van der Waals surface area contributed by atoms with Gasteiger partial charge < -0.3 is 25.4 Å². The van der Waals surface area contributed by atoms with Gasteiger partial charge in [0.1, 0.15) is 5.82 Å². The fourth-order valence-electron chi connectivity index (χ4n) is 3.88. The second-order valence-electron chi connectivity index (χ2n) is 7.03. The Morgan fingerprint density at radius 2 is 2.00 bits per heavy atom. The maximum absolute atomic E-state index is 9.15. The van der Waals surface area contributed by atoms with Crippen LogP contribution in [-0.2, 0) is 6.61 Å². The molecule has 9 heteroatoms. The lowest BCUT2D eigenvalue weighted by molar-refractivity contribution is 0.276. The van der Waals surface area contributed by atoms with E-state index in [1.54, 1.807) is 19.2 Å². The van der Waals surface area contributed by atoms with E-state index in [0.717, 1.165) is 12.8 Å². The maximum Gasteiger partial charge on any atom is 0.230 e. The van der Waals surface area contributed by atoms with Gasteiger partial charge in [-0.25, -0.2) is 0 Å². The summed E-state index contributed by atoms with van der Waals surface area (Å²) >= 11 is 0. The summed E-state index contributed by atoms with van der Waals surface area (Å²) < 4.78 is 5.35. The molecule has 0 unspecified atom stereocenters. The molecule has 2 aromatic heterocycles. The van der Waals surface area contributed by atoms with E-state index in [2.05, 4.69) is 35.7 Å². The molecular weight excluding hydrogens is 334 g/mol. The van der Waals surface area contributed by atoms with Crippen molar-refractivity contribution in [3.8, 4) is 5.88 Å². The van der Waals surface area contributed by atoms with Crippen LogP contribution in [0.3, 0.4) is 0 Å². The van der Waals surface area contributed by atoms with E-state index >= 15 is 0 Å². The molecule has 2 aliphatic rings. The Hall–Kier alpha value is -2.39. The number of nitrogens with one attached hydrogen (secondary N) is 3. The van der Waals surface area contributed by atoms with Gasteiger partial charge in [0.05, 0.1) is 19.4 Å². The molecule has 0 saturated carbocycles. The summed E-state index contributed by atoms with van der Waals surface area (Å²) in [6, 6.07) is 5.09. The summed E-state index contributed by atoms with van der Waals surface area (Å²) in [4.78, 5) is 11.3. The highest BCUT2D eigenvalue weighted by Gasteiger charge is 2.35. The van der Waals surface area contributed by atoms with Crippen molar-refractivity contribution in [1.29, 1.82) is 0 Å². The number of hydrogen-bond acceptors (Lipinski definition) is 8. The maximum atomic E-state index is 9.15. The number of nitrogens with zero attached hydrogens (tertiary/aromatic N) is 4. The predicted molar refractivity (Wildman–Crippen MR) is 97.7 cm³/mol. The number of piperidine rings is 1. The van der Waals surface area contributed by atoms with E-state index in [9.17, 15) is 0 Å². The molecule has 4 heterocycles. The number of anilines is 3. The lowest BCUT2D eigenvalue weighted by atomic mass is 9.99. The van der Waals surface area contributed by atoms with Crippen LogP contribution in [0.25, 0.3) is 0 Å². The molecule has 0 spiro atoms. The highest BCUT2D eigenvalue weighted by Crippen LogP contribution is 2.31. The molecule has 0 radical (unpaired) electrons. The molecule has 140 valence electrons. The standard InChI is InChI=1S/C17H25N7O2/c1-24(13-5-10-3-4-11(6-13)18-10)17-20-14(8-16(21-17)26-2)19-15-7-12(9-25)22-23-15/h7-8,10-11,13,18,25H,3-6,9H2,1-2H3,(H2,19,20,21,22,23)/t10-,11+,13+. The molecule has 9 nitrogen and oxygen atoms in total. The molecule has 26 heavy (non-hydrogen) atoms. The minimum atomic E-state index is -0.0895. The molecule has 3 atom stereocenters. The van der Waals surface area contributed by atoms with Crippen LogP contribution in [0.4, 0.5) is 17.6 Å². The molecule has 2 bridgehead atoms. The highest BCUT2D eigenvalue weighted by atomic mass is 16.5. The van der Waals surface area contributed by atoms with Crippen LogP contribution in [-0.4, -0.2) is 57.6 Å². The van der Waals surface area contributed by atoms with E-state index in [1.807, 2.05) is 7.05 Å². The van der Waals surface area contributed by atoms with E-state index in [4.69, 9.17) is 9.84 Å². The van der Waals surface area contributed by atoms with E-state index in [1.165, 1.54) is 12.8 Å². The summed E-state index contributed by atoms with van der Waals surface area (Å²) in [6.07, 6.45) is 4.73. The number of methoxy groups -OCH3 is 1. The van der Waals surface area contributed by atoms with Crippen LogP contribution in [0.2, 0.25) is 0 Å². The first-order chi connectivity index (χ1) is 12.6. The van der Waals surface area contributed by atoms with Crippen LogP contribution in [0.1, 0.15) is 31.4 Å². The van der Waals surface area contributed by atoms with Gasteiger partial charge in [0.15, 0.2) is 5.82 Å². The number of aromatic amines is 1. The van der Waals surface area contributed by atoms with E-state index in [0.29, 0.717) is 47.3 Å². The zero-order valence-electron chi connectivity index (χ0n) is 15.1. The molecule has 2 aromatic rings. The Balaban J connectivity index is 1.55. The van der Waals surface area contributed by atoms with Gasteiger partial charge in [-0.1, -0.05) is 0 Å². The van der Waals surface area contributed by atoms with Crippen molar-refractivity contribution in [2.45, 2.75) is 50.4 Å². The molecule has 2 aliphatic heterocycles. The van der Waals surface area contributed by atoms with Crippen molar-refractivity contribution >= 4 is 17.6 Å². The zero-order valence-corrected chi connectivity index (χ0v) is 15.1. The highest BCUT2D eigenvalue weighted by molar-refractivity contribution is 5.55. The largest absolute Gasteiger partial charge is 0.481 e. The molecule has 0 amide bonds. The van der Waals surface area contributed by atoms with Crippen molar-refractivity contribution in [2.75, 3.05) is 24.4 Å². The predicted octanol–water partition coefficient (Wildman–Crippen LogP) is 1.16. The number of aromatic nitrogens is 4. The van der Waals surface area contributed by atoms with Crippen LogP contribution in [0.5, 0.6) is 5.88 Å². The molecular formula is C17H25N7O2. The van der Waals surface area contributed by atoms with Crippen molar-refractivity contribution in [2.24, 2.45) is 0 Å². The lowest BCUT2D eigenvalue weighted by Gasteiger charge is -2.35. The minimum absolute atomic E-state index is 0.0895. The van der Waals surface area contributed by atoms with Gasteiger partial charge >= 0.3 is 0 Å². The summed E-state index contributed by atoms with van der Waals surface area (Å²) in [5, 5.41) is 22.8. The third-order valence-electron chi connectivity index (χ3n) is 5.27. The SMILES string of the molecule is COc1cc(Nc2cc(CO)[nH]n2)nc(N(C)[C@H]2C[C@H]3CC[C@@H](C2)N3)n1. The van der Waals surface area contributed by atoms with Crippen LogP contribution < -0.4 is 20.3 Å². The molecule has 4 rings (SSSR count). The van der Waals surface area contributed by atoms with Gasteiger partial charge in [-0.2, -0.15) is 15.1 Å². The molecule has 0 aliphatic carbocycles. The van der Waals surface area contributed by atoms with Crippen molar-refractivity contribution in [3.63, 3.8) is 0 Å². The molecule has 2 saturated heterocycles. The smallest absolute Gasteiger partial charge is 0.230 e. The van der Waals surface area contributed by atoms with Crippen LogP contribution in [0.15, 0.2) is 12.1 Å². The van der Waals surface area contributed by atoms with Crippen LogP contribution >= 0.6 is 0 Å². The number of aliphatic hydroxyl groups excluding tert-OH is 1. The number of hydrogen-bond donors (Lipinski definition) is 4. The third kappa shape index (κ3) is 3.45. The van der Waals surface area contributed by atoms with E-state index < -0.39 is 0 Å². The Bertz CT molecular complexity index is 753. The zero-order chi connectivity index (χ0) is 18.1. The summed E-state index contributed by atoms with van der Waals surface area (Å²) in [6.45, 7) is -0.0895. The topological polar surface area (TPSA) is 111 Å². The van der Waals surface area contributed by atoms with Gasteiger partial charge in [0.25, 0.3) is 0 Å². The number of rotatable bonds is 6. The average Bonchev–Trinajstić information content (AvgIpc) is 3.26. The summed E-state index contributed by atoms with van der Waals surface area (Å²) in [7, 11) is 3.64. The van der Waals surface area contributed by atoms with Crippen molar-refractivity contribution in [1.82, 2.24) is 25.5 Å². The number of H-pyrrole nitrogens is 1. The minimum Gasteiger partial charge on any atom is -0.481 e. The number of ether oxygens (including phenoxy) is 1. The third-order valence-corrected chi connectivity index (χ3v) is 5.27. The quantitative estimate of drug-likeness (QED) is 0.608. The number of aliphatic hydroxyl groups is 1. The van der Waals surface area contributed by atoms with Crippen LogP contribution in [0, 0.1) is 0 Å². The Morgan fingerprint density at radius 1 is 1.23 bits per heavy atom. The Labute approximate surface area is 152 Å². The molecule has 2 fully saturated rings. The summed E-state index contributed by atoms with van der Waals surface area (Å²) in [5.74, 6) is 2.32. The average molecular weight is 359 g/mol. The first kappa shape index (κ1) is 17.0. The van der Waals surface area contributed by atoms with E-state index in [-0.39, 0.29) is 6.61 Å². The first-order valence-corrected chi connectivity index (χ1v) is 8.98. The normalized spacial score (nSPS) is 24.5. The van der Waals surface area contributed by atoms with Gasteiger partial charge in [-0.3, -0.25) is 5.10 Å². The van der Waals surface area contributed by atoms with Gasteiger partial charge in [-0.05, 0) is 25.7 Å². The Kier molecular flexibility index (Phi) is 4.64. The van der Waals surface area contributed by atoms with Crippen molar-refractivity contribution < 1.29 is 9.84 Å². The van der Waals surface area contributed by atoms with Crippen molar-refractivity contribution in [3.05, 3.63) is 17.8 Å². The van der Waals surface area contributed by atoms with Gasteiger partial charge in [0.2, 0.25) is 11.8 Å². The number of fused-ring (bicyclic) bond motifs is 2. The fourth-order valence-corrected chi connectivity index (χ4v) is 3.88. The Morgan fingerprint density at radius 3 is 2.65 bits per heavy atom.